The summed E-state index contributed by atoms with van der Waals surface area (Å²) in [5.41, 5.74) is 3.73. The van der Waals surface area contributed by atoms with E-state index in [0.717, 1.165) is 41.9 Å². The third-order valence-corrected chi connectivity index (χ3v) is 6.38. The second kappa shape index (κ2) is 10.3. The molecule has 0 aromatic heterocycles. The molecule has 0 spiro atoms. The van der Waals surface area contributed by atoms with Gasteiger partial charge in [0.25, 0.3) is 0 Å². The zero-order chi connectivity index (χ0) is 23.2. The van der Waals surface area contributed by atoms with Gasteiger partial charge >= 0.3 is 6.03 Å². The Kier molecular flexibility index (Phi) is 7.08. The maximum atomic E-state index is 13.3. The van der Waals surface area contributed by atoms with Crippen LogP contribution in [0, 0.1) is 0 Å². The Balaban J connectivity index is 1.44. The predicted molar refractivity (Wildman–Crippen MR) is 133 cm³/mol. The number of rotatable bonds is 7. The fourth-order valence-corrected chi connectivity index (χ4v) is 4.47. The van der Waals surface area contributed by atoms with Crippen LogP contribution in [0.25, 0.3) is 0 Å². The Bertz CT molecular complexity index is 1070. The van der Waals surface area contributed by atoms with Crippen molar-refractivity contribution in [3.63, 3.8) is 0 Å². The summed E-state index contributed by atoms with van der Waals surface area (Å²) in [5.74, 6) is -0.212. The van der Waals surface area contributed by atoms with E-state index in [0.29, 0.717) is 6.54 Å². The molecule has 3 amide bonds. The second-order valence-electron chi connectivity index (χ2n) is 8.48. The molecule has 2 atom stereocenters. The van der Waals surface area contributed by atoms with Crippen molar-refractivity contribution >= 4 is 23.3 Å². The molecule has 170 valence electrons. The van der Waals surface area contributed by atoms with Gasteiger partial charge in [-0.2, -0.15) is 0 Å². The highest BCUT2D eigenvalue weighted by molar-refractivity contribution is 5.97. The van der Waals surface area contributed by atoms with Crippen molar-refractivity contribution in [2.75, 3.05) is 23.3 Å². The first-order valence-corrected chi connectivity index (χ1v) is 11.7. The van der Waals surface area contributed by atoms with Crippen LogP contribution in [0.5, 0.6) is 0 Å². The van der Waals surface area contributed by atoms with Crippen LogP contribution in [-0.2, 0) is 4.79 Å². The van der Waals surface area contributed by atoms with Gasteiger partial charge in [-0.1, -0.05) is 67.6 Å². The van der Waals surface area contributed by atoms with Crippen molar-refractivity contribution in [1.29, 1.82) is 0 Å². The zero-order valence-electron chi connectivity index (χ0n) is 19.3. The molecular weight excluding hydrogens is 410 g/mol. The van der Waals surface area contributed by atoms with E-state index in [1.54, 1.807) is 0 Å². The molecule has 1 saturated heterocycles. The van der Waals surface area contributed by atoms with Crippen LogP contribution in [0.2, 0.25) is 0 Å². The summed E-state index contributed by atoms with van der Waals surface area (Å²) < 4.78 is 0. The normalized spacial score (nSPS) is 15.8. The first-order chi connectivity index (χ1) is 16.1. The lowest BCUT2D eigenvalue weighted by atomic mass is 9.95. The standard InChI is InChI=1S/C28H31N3O2/c1-3-26(23-13-8-5-9-14-23)27(32)29-24-15-17-25(18-16-24)31-20-10-19-30(28(31)33)21(2)22-11-6-4-7-12-22/h4-9,11-18,21,26H,3,10,19-20H2,1-2H3,(H,29,32). The Morgan fingerprint density at radius 2 is 1.48 bits per heavy atom. The van der Waals surface area contributed by atoms with E-state index in [9.17, 15) is 9.59 Å². The molecule has 5 heteroatoms. The fraction of sp³-hybridized carbons (Fsp3) is 0.286. The Labute approximate surface area is 196 Å². The molecule has 2 unspecified atom stereocenters. The van der Waals surface area contributed by atoms with E-state index in [2.05, 4.69) is 24.4 Å². The zero-order valence-corrected chi connectivity index (χ0v) is 19.3. The fourth-order valence-electron chi connectivity index (χ4n) is 4.47. The number of urea groups is 1. The minimum atomic E-state index is -0.192. The van der Waals surface area contributed by atoms with Crippen LogP contribution in [0.3, 0.4) is 0 Å². The Morgan fingerprint density at radius 1 is 0.879 bits per heavy atom. The van der Waals surface area contributed by atoms with Gasteiger partial charge in [-0.3, -0.25) is 9.69 Å². The van der Waals surface area contributed by atoms with Gasteiger partial charge in [0.05, 0.1) is 12.0 Å². The molecule has 0 bridgehead atoms. The van der Waals surface area contributed by atoms with Gasteiger partial charge in [-0.25, -0.2) is 4.79 Å². The highest BCUT2D eigenvalue weighted by atomic mass is 16.2. The number of benzene rings is 3. The molecule has 1 heterocycles. The third-order valence-electron chi connectivity index (χ3n) is 6.38. The lowest BCUT2D eigenvalue weighted by Crippen LogP contribution is -2.50. The van der Waals surface area contributed by atoms with Crippen LogP contribution in [0.1, 0.15) is 49.8 Å². The summed E-state index contributed by atoms with van der Waals surface area (Å²) in [4.78, 5) is 29.9. The van der Waals surface area contributed by atoms with Crippen LogP contribution in [-0.4, -0.2) is 29.9 Å². The van der Waals surface area contributed by atoms with Crippen molar-refractivity contribution in [2.45, 2.75) is 38.6 Å². The monoisotopic (exact) mass is 441 g/mol. The maximum Gasteiger partial charge on any atom is 0.324 e. The summed E-state index contributed by atoms with van der Waals surface area (Å²) in [5, 5.41) is 3.03. The average molecular weight is 442 g/mol. The number of nitrogens with one attached hydrogen (secondary N) is 1. The van der Waals surface area contributed by atoms with Gasteiger partial charge in [0, 0.05) is 24.5 Å². The molecule has 1 aliphatic heterocycles. The third kappa shape index (κ3) is 5.08. The van der Waals surface area contributed by atoms with Crippen molar-refractivity contribution in [2.24, 2.45) is 0 Å². The smallest absolute Gasteiger partial charge is 0.324 e. The van der Waals surface area contributed by atoms with E-state index in [1.165, 1.54) is 0 Å². The number of hydrogen-bond acceptors (Lipinski definition) is 2. The Hall–Kier alpha value is -3.60. The lowest BCUT2D eigenvalue weighted by Gasteiger charge is -2.39. The largest absolute Gasteiger partial charge is 0.326 e. The Morgan fingerprint density at radius 3 is 2.09 bits per heavy atom. The summed E-state index contributed by atoms with van der Waals surface area (Å²) in [6, 6.07) is 27.6. The number of nitrogens with zero attached hydrogens (tertiary/aromatic N) is 2. The molecule has 3 aromatic carbocycles. The summed E-state index contributed by atoms with van der Waals surface area (Å²) in [6.45, 7) is 5.53. The molecule has 4 rings (SSSR count). The van der Waals surface area contributed by atoms with E-state index >= 15 is 0 Å². The number of carbonyl (C=O) groups excluding carboxylic acids is 2. The number of carbonyl (C=O) groups is 2. The summed E-state index contributed by atoms with van der Waals surface area (Å²) in [7, 11) is 0. The van der Waals surface area contributed by atoms with Gasteiger partial charge in [-0.05, 0) is 55.2 Å². The highest BCUT2D eigenvalue weighted by Crippen LogP contribution is 2.28. The summed E-state index contributed by atoms with van der Waals surface area (Å²) in [6.07, 6.45) is 1.64. The molecule has 3 aromatic rings. The number of anilines is 2. The number of amides is 3. The first-order valence-electron chi connectivity index (χ1n) is 11.7. The van der Waals surface area contributed by atoms with E-state index in [1.807, 2.05) is 89.5 Å². The minimum absolute atomic E-state index is 0.0176. The van der Waals surface area contributed by atoms with E-state index in [4.69, 9.17) is 0 Å². The SMILES string of the molecule is CCC(C(=O)Nc1ccc(N2CCCN(C(C)c3ccccc3)C2=O)cc1)c1ccccc1. The quantitative estimate of drug-likeness (QED) is 0.474. The van der Waals surface area contributed by atoms with Crippen molar-refractivity contribution in [1.82, 2.24) is 4.90 Å². The van der Waals surface area contributed by atoms with Crippen molar-refractivity contribution in [3.05, 3.63) is 96.1 Å². The van der Waals surface area contributed by atoms with Crippen LogP contribution in [0.4, 0.5) is 16.2 Å². The second-order valence-corrected chi connectivity index (χ2v) is 8.48. The first kappa shape index (κ1) is 22.6. The van der Waals surface area contributed by atoms with Gasteiger partial charge < -0.3 is 10.2 Å². The van der Waals surface area contributed by atoms with Crippen LogP contribution >= 0.6 is 0 Å². The van der Waals surface area contributed by atoms with Gasteiger partial charge in [-0.15, -0.1) is 0 Å². The summed E-state index contributed by atoms with van der Waals surface area (Å²) >= 11 is 0. The van der Waals surface area contributed by atoms with Gasteiger partial charge in [0.2, 0.25) is 5.91 Å². The van der Waals surface area contributed by atoms with E-state index < -0.39 is 0 Å². The van der Waals surface area contributed by atoms with Crippen molar-refractivity contribution in [3.8, 4) is 0 Å². The molecular formula is C28H31N3O2. The average Bonchev–Trinajstić information content (AvgIpc) is 2.86. The topological polar surface area (TPSA) is 52.7 Å². The molecule has 1 fully saturated rings. The number of hydrogen-bond donors (Lipinski definition) is 1. The van der Waals surface area contributed by atoms with E-state index in [-0.39, 0.29) is 23.9 Å². The van der Waals surface area contributed by atoms with Crippen LogP contribution in [0.15, 0.2) is 84.9 Å². The molecule has 0 saturated carbocycles. The molecule has 1 aliphatic rings. The minimum Gasteiger partial charge on any atom is -0.326 e. The molecule has 0 radical (unpaired) electrons. The van der Waals surface area contributed by atoms with Crippen molar-refractivity contribution < 1.29 is 9.59 Å². The van der Waals surface area contributed by atoms with Crippen LogP contribution < -0.4 is 10.2 Å². The van der Waals surface area contributed by atoms with Gasteiger partial charge in [0.15, 0.2) is 0 Å². The predicted octanol–water partition coefficient (Wildman–Crippen LogP) is 6.21. The highest BCUT2D eigenvalue weighted by Gasteiger charge is 2.30. The molecule has 1 N–H and O–H groups in total. The molecule has 33 heavy (non-hydrogen) atoms. The molecule has 0 aliphatic carbocycles. The maximum absolute atomic E-state index is 13.3. The molecule has 5 nitrogen and oxygen atoms in total. The van der Waals surface area contributed by atoms with Gasteiger partial charge in [0.1, 0.15) is 0 Å². The lowest BCUT2D eigenvalue weighted by molar-refractivity contribution is -0.117.